The Morgan fingerprint density at radius 3 is 2.33 bits per heavy atom. The van der Waals surface area contributed by atoms with Crippen molar-refractivity contribution in [1.82, 2.24) is 5.32 Å². The summed E-state index contributed by atoms with van der Waals surface area (Å²) in [5, 5.41) is 3.14. The Balaban J connectivity index is 2.96. The molecule has 21 heavy (non-hydrogen) atoms. The maximum Gasteiger partial charge on any atom is 0.232 e. The highest BCUT2D eigenvalue weighted by molar-refractivity contribution is 7.92. The van der Waals surface area contributed by atoms with Crippen LogP contribution in [0.5, 0.6) is 0 Å². The van der Waals surface area contributed by atoms with Gasteiger partial charge in [0, 0.05) is 19.5 Å². The fraction of sp³-hybridized carbons (Fsp3) is 0.462. The molecule has 0 atom stereocenters. The normalized spacial score (nSPS) is 11.2. The number of anilines is 1. The molecule has 0 aliphatic rings. The lowest BCUT2D eigenvalue weighted by Crippen LogP contribution is -2.35. The van der Waals surface area contributed by atoms with Crippen LogP contribution < -0.4 is 9.62 Å². The molecule has 0 aromatic heterocycles. The van der Waals surface area contributed by atoms with E-state index in [0.717, 1.165) is 17.0 Å². The van der Waals surface area contributed by atoms with Crippen LogP contribution in [-0.2, 0) is 14.8 Å². The molecule has 0 bridgehead atoms. The molecule has 0 saturated carbocycles. The smallest absolute Gasteiger partial charge is 0.232 e. The van der Waals surface area contributed by atoms with Gasteiger partial charge in [-0.1, -0.05) is 36.2 Å². The lowest BCUT2D eigenvalue weighted by molar-refractivity contribution is -0.120. The Bertz CT molecular complexity index is 585. The minimum atomic E-state index is -3.59. The van der Waals surface area contributed by atoms with Crippen molar-refractivity contribution in [2.45, 2.75) is 19.8 Å². The number of sulfonamides is 1. The van der Waals surface area contributed by atoms with E-state index in [1.807, 2.05) is 6.92 Å². The van der Waals surface area contributed by atoms with Crippen molar-refractivity contribution in [2.75, 3.05) is 23.7 Å². The zero-order chi connectivity index (χ0) is 16.0. The van der Waals surface area contributed by atoms with Gasteiger partial charge in [0.1, 0.15) is 0 Å². The number of amides is 1. The number of para-hydroxylation sites is 1. The van der Waals surface area contributed by atoms with Gasteiger partial charge in [-0.05, 0) is 18.6 Å². The van der Waals surface area contributed by atoms with Crippen LogP contribution in [-0.4, -0.2) is 33.7 Å². The number of carbonyl (C=O) groups is 1. The standard InChI is InChI=1S/C13H18Cl2N2O3S/c1-3-8-16-12(18)7-9-17(21(2,19)20)13-10(14)5-4-6-11(13)15/h4-6H,3,7-9H2,1-2H3,(H,16,18). The van der Waals surface area contributed by atoms with E-state index in [9.17, 15) is 13.2 Å². The molecule has 5 nitrogen and oxygen atoms in total. The highest BCUT2D eigenvalue weighted by Crippen LogP contribution is 2.34. The summed E-state index contributed by atoms with van der Waals surface area (Å²) in [4.78, 5) is 11.6. The molecule has 0 aliphatic heterocycles. The average Bonchev–Trinajstić information content (AvgIpc) is 2.38. The maximum absolute atomic E-state index is 11.9. The molecule has 0 aliphatic carbocycles. The third kappa shape index (κ3) is 5.37. The van der Waals surface area contributed by atoms with E-state index in [1.54, 1.807) is 18.2 Å². The minimum Gasteiger partial charge on any atom is -0.356 e. The number of nitrogens with one attached hydrogen (secondary N) is 1. The van der Waals surface area contributed by atoms with Crippen molar-refractivity contribution in [3.63, 3.8) is 0 Å². The Morgan fingerprint density at radius 1 is 1.29 bits per heavy atom. The zero-order valence-electron chi connectivity index (χ0n) is 11.9. The van der Waals surface area contributed by atoms with Crippen LogP contribution in [0.15, 0.2) is 18.2 Å². The summed E-state index contributed by atoms with van der Waals surface area (Å²) in [5.41, 5.74) is 0.201. The molecule has 0 unspecified atom stereocenters. The van der Waals surface area contributed by atoms with Crippen LogP contribution in [0.4, 0.5) is 5.69 Å². The largest absolute Gasteiger partial charge is 0.356 e. The number of halogens is 2. The van der Waals surface area contributed by atoms with E-state index in [1.165, 1.54) is 0 Å². The van der Waals surface area contributed by atoms with Crippen molar-refractivity contribution in [3.8, 4) is 0 Å². The van der Waals surface area contributed by atoms with Crippen molar-refractivity contribution in [2.24, 2.45) is 0 Å². The first-order valence-corrected chi connectivity index (χ1v) is 9.06. The monoisotopic (exact) mass is 352 g/mol. The average molecular weight is 353 g/mol. The lowest BCUT2D eigenvalue weighted by atomic mass is 10.3. The van der Waals surface area contributed by atoms with Crippen LogP contribution in [0.25, 0.3) is 0 Å². The summed E-state index contributed by atoms with van der Waals surface area (Å²) in [7, 11) is -3.59. The Morgan fingerprint density at radius 2 is 1.86 bits per heavy atom. The van der Waals surface area contributed by atoms with Crippen LogP contribution in [0, 0.1) is 0 Å². The Labute approximate surface area is 135 Å². The van der Waals surface area contributed by atoms with Crippen molar-refractivity contribution < 1.29 is 13.2 Å². The summed E-state index contributed by atoms with van der Waals surface area (Å²) in [6.07, 6.45) is 1.91. The van der Waals surface area contributed by atoms with Crippen molar-refractivity contribution in [3.05, 3.63) is 28.2 Å². The quantitative estimate of drug-likeness (QED) is 0.820. The van der Waals surface area contributed by atoms with Crippen LogP contribution in [0.2, 0.25) is 10.0 Å². The van der Waals surface area contributed by atoms with Crippen LogP contribution >= 0.6 is 23.2 Å². The number of benzene rings is 1. The summed E-state index contributed by atoms with van der Waals surface area (Å²) >= 11 is 12.1. The Kier molecular flexibility index (Phi) is 6.77. The zero-order valence-corrected chi connectivity index (χ0v) is 14.2. The molecule has 0 fully saturated rings. The van der Waals surface area contributed by atoms with E-state index in [-0.39, 0.29) is 34.6 Å². The second-order valence-electron chi connectivity index (χ2n) is 4.51. The molecular formula is C13H18Cl2N2O3S. The first-order valence-electron chi connectivity index (χ1n) is 6.45. The van der Waals surface area contributed by atoms with Crippen molar-refractivity contribution >= 4 is 44.8 Å². The van der Waals surface area contributed by atoms with Gasteiger partial charge in [0.2, 0.25) is 15.9 Å². The molecule has 0 spiro atoms. The number of hydrogen-bond acceptors (Lipinski definition) is 3. The maximum atomic E-state index is 11.9. The van der Waals surface area contributed by atoms with E-state index < -0.39 is 10.0 Å². The number of carbonyl (C=O) groups excluding carboxylic acids is 1. The van der Waals surface area contributed by atoms with Crippen molar-refractivity contribution in [1.29, 1.82) is 0 Å². The fourth-order valence-electron chi connectivity index (χ4n) is 1.73. The van der Waals surface area contributed by atoms with E-state index in [4.69, 9.17) is 23.2 Å². The highest BCUT2D eigenvalue weighted by Gasteiger charge is 2.23. The van der Waals surface area contributed by atoms with Crippen LogP contribution in [0.3, 0.4) is 0 Å². The second kappa shape index (κ2) is 7.87. The highest BCUT2D eigenvalue weighted by atomic mass is 35.5. The summed E-state index contributed by atoms with van der Waals surface area (Å²) < 4.78 is 24.9. The second-order valence-corrected chi connectivity index (χ2v) is 7.23. The topological polar surface area (TPSA) is 66.5 Å². The summed E-state index contributed by atoms with van der Waals surface area (Å²) in [5.74, 6) is -0.214. The first kappa shape index (κ1) is 18.1. The van der Waals surface area contributed by atoms with Gasteiger partial charge >= 0.3 is 0 Å². The third-order valence-corrected chi connectivity index (χ3v) is 4.48. The number of nitrogens with zero attached hydrogens (tertiary/aromatic N) is 1. The molecule has 1 amide bonds. The summed E-state index contributed by atoms with van der Waals surface area (Å²) in [6.45, 7) is 2.48. The Hall–Kier alpha value is -0.980. The van der Waals surface area contributed by atoms with Gasteiger partial charge in [-0.3, -0.25) is 9.10 Å². The minimum absolute atomic E-state index is 0.0160. The number of hydrogen-bond donors (Lipinski definition) is 1. The molecule has 1 rings (SSSR count). The first-order chi connectivity index (χ1) is 9.77. The van der Waals surface area contributed by atoms with E-state index in [0.29, 0.717) is 6.54 Å². The lowest BCUT2D eigenvalue weighted by Gasteiger charge is -2.24. The molecule has 1 aromatic rings. The molecule has 1 N–H and O–H groups in total. The predicted molar refractivity (Wildman–Crippen MR) is 86.6 cm³/mol. The van der Waals surface area contributed by atoms with Gasteiger partial charge in [0.25, 0.3) is 0 Å². The van der Waals surface area contributed by atoms with Gasteiger partial charge in [0.05, 0.1) is 22.0 Å². The molecule has 118 valence electrons. The van der Waals surface area contributed by atoms with Crippen LogP contribution in [0.1, 0.15) is 19.8 Å². The van der Waals surface area contributed by atoms with Gasteiger partial charge < -0.3 is 5.32 Å². The fourth-order valence-corrected chi connectivity index (χ4v) is 3.38. The van der Waals surface area contributed by atoms with E-state index >= 15 is 0 Å². The summed E-state index contributed by atoms with van der Waals surface area (Å²) in [6, 6.07) is 4.73. The van der Waals surface area contributed by atoms with Gasteiger partial charge in [-0.25, -0.2) is 8.42 Å². The molecule has 0 saturated heterocycles. The molecule has 1 aromatic carbocycles. The molecular weight excluding hydrogens is 335 g/mol. The molecule has 0 radical (unpaired) electrons. The molecule has 8 heteroatoms. The van der Waals surface area contributed by atoms with Gasteiger partial charge in [0.15, 0.2) is 0 Å². The SMILES string of the molecule is CCCNC(=O)CCN(c1c(Cl)cccc1Cl)S(C)(=O)=O. The van der Waals surface area contributed by atoms with E-state index in [2.05, 4.69) is 5.32 Å². The third-order valence-electron chi connectivity index (χ3n) is 2.70. The predicted octanol–water partition coefficient (Wildman–Crippen LogP) is 2.68. The van der Waals surface area contributed by atoms with Gasteiger partial charge in [-0.2, -0.15) is 0 Å². The number of rotatable bonds is 7. The molecule has 0 heterocycles. The van der Waals surface area contributed by atoms with Gasteiger partial charge in [-0.15, -0.1) is 0 Å².